The molecular formula is C13H15N3O2. The number of aromatic nitrogens is 2. The molecule has 0 radical (unpaired) electrons. The maximum atomic E-state index is 12.2. The predicted octanol–water partition coefficient (Wildman–Crippen LogP) is 1.70. The fourth-order valence-corrected chi connectivity index (χ4v) is 1.77. The summed E-state index contributed by atoms with van der Waals surface area (Å²) in [5.74, 6) is 0.0159. The van der Waals surface area contributed by atoms with Gasteiger partial charge in [0.2, 0.25) is 0 Å². The predicted molar refractivity (Wildman–Crippen MR) is 67.2 cm³/mol. The monoisotopic (exact) mass is 245 g/mol. The summed E-state index contributed by atoms with van der Waals surface area (Å²) in [5, 5.41) is 16.1. The van der Waals surface area contributed by atoms with E-state index in [9.17, 15) is 9.90 Å². The van der Waals surface area contributed by atoms with E-state index in [0.29, 0.717) is 17.7 Å². The highest BCUT2D eigenvalue weighted by Crippen LogP contribution is 2.21. The van der Waals surface area contributed by atoms with E-state index < -0.39 is 0 Å². The van der Waals surface area contributed by atoms with Crippen LogP contribution in [0.25, 0.3) is 0 Å². The van der Waals surface area contributed by atoms with E-state index in [0.717, 1.165) is 5.56 Å². The Morgan fingerprint density at radius 2 is 2.28 bits per heavy atom. The Labute approximate surface area is 105 Å². The number of nitrogens with one attached hydrogen (secondary N) is 1. The van der Waals surface area contributed by atoms with Crippen molar-refractivity contribution < 1.29 is 9.90 Å². The normalized spacial score (nSPS) is 10.3. The zero-order valence-corrected chi connectivity index (χ0v) is 10.3. The van der Waals surface area contributed by atoms with Gasteiger partial charge in [0, 0.05) is 36.5 Å². The molecular weight excluding hydrogens is 230 g/mol. The van der Waals surface area contributed by atoms with Crippen molar-refractivity contribution in [1.82, 2.24) is 15.1 Å². The third-order valence-electron chi connectivity index (χ3n) is 2.86. The Morgan fingerprint density at radius 3 is 2.94 bits per heavy atom. The minimum atomic E-state index is -0.121. The number of H-pyrrole nitrogens is 1. The Balaban J connectivity index is 2.18. The molecule has 0 atom stereocenters. The number of hydrogen-bond donors (Lipinski definition) is 2. The number of nitrogens with zero attached hydrogens (tertiary/aromatic N) is 2. The van der Waals surface area contributed by atoms with Crippen molar-refractivity contribution in [2.45, 2.75) is 13.5 Å². The summed E-state index contributed by atoms with van der Waals surface area (Å²) in [6.07, 6.45) is 3.43. The lowest BCUT2D eigenvalue weighted by Gasteiger charge is -2.17. The summed E-state index contributed by atoms with van der Waals surface area (Å²) in [4.78, 5) is 13.8. The van der Waals surface area contributed by atoms with Gasteiger partial charge in [0.1, 0.15) is 5.75 Å². The van der Waals surface area contributed by atoms with Crippen molar-refractivity contribution in [2.75, 3.05) is 7.05 Å². The van der Waals surface area contributed by atoms with E-state index in [1.165, 1.54) is 0 Å². The number of aromatic amines is 1. The molecule has 0 saturated carbocycles. The number of amides is 1. The van der Waals surface area contributed by atoms with Gasteiger partial charge >= 0.3 is 0 Å². The number of aromatic hydroxyl groups is 1. The fraction of sp³-hybridized carbons (Fsp3) is 0.231. The van der Waals surface area contributed by atoms with Crippen LogP contribution in [0.4, 0.5) is 0 Å². The van der Waals surface area contributed by atoms with Crippen LogP contribution in [-0.4, -0.2) is 33.2 Å². The zero-order chi connectivity index (χ0) is 13.1. The van der Waals surface area contributed by atoms with Gasteiger partial charge in [-0.2, -0.15) is 5.10 Å². The van der Waals surface area contributed by atoms with E-state index in [2.05, 4.69) is 10.2 Å². The highest BCUT2D eigenvalue weighted by Gasteiger charge is 2.16. The summed E-state index contributed by atoms with van der Waals surface area (Å²) in [7, 11) is 1.72. The fourth-order valence-electron chi connectivity index (χ4n) is 1.77. The highest BCUT2D eigenvalue weighted by atomic mass is 16.3. The zero-order valence-electron chi connectivity index (χ0n) is 10.3. The average Bonchev–Trinajstić information content (AvgIpc) is 2.84. The summed E-state index contributed by atoms with van der Waals surface area (Å²) in [6, 6.07) is 4.95. The van der Waals surface area contributed by atoms with Crippen molar-refractivity contribution in [1.29, 1.82) is 0 Å². The van der Waals surface area contributed by atoms with Crippen molar-refractivity contribution in [3.8, 4) is 5.75 Å². The van der Waals surface area contributed by atoms with Gasteiger partial charge in [-0.05, 0) is 19.1 Å². The number of phenols is 1. The minimum Gasteiger partial charge on any atom is -0.508 e. The Hall–Kier alpha value is -2.30. The molecule has 0 bridgehead atoms. The molecule has 1 amide bonds. The maximum absolute atomic E-state index is 12.2. The van der Waals surface area contributed by atoms with Gasteiger partial charge < -0.3 is 10.0 Å². The highest BCUT2D eigenvalue weighted by molar-refractivity contribution is 5.96. The molecule has 94 valence electrons. The van der Waals surface area contributed by atoms with Crippen LogP contribution in [0.3, 0.4) is 0 Å². The van der Waals surface area contributed by atoms with Crippen LogP contribution in [0.15, 0.2) is 30.6 Å². The third kappa shape index (κ3) is 2.34. The molecule has 18 heavy (non-hydrogen) atoms. The second kappa shape index (κ2) is 4.91. The molecule has 0 spiro atoms. The van der Waals surface area contributed by atoms with Crippen LogP contribution in [0.1, 0.15) is 21.5 Å². The van der Waals surface area contributed by atoms with Gasteiger partial charge in [-0.1, -0.05) is 6.07 Å². The molecule has 0 unspecified atom stereocenters. The van der Waals surface area contributed by atoms with Gasteiger partial charge in [-0.3, -0.25) is 9.89 Å². The quantitative estimate of drug-likeness (QED) is 0.864. The average molecular weight is 245 g/mol. The van der Waals surface area contributed by atoms with Gasteiger partial charge in [-0.25, -0.2) is 0 Å². The van der Waals surface area contributed by atoms with E-state index in [1.807, 2.05) is 0 Å². The van der Waals surface area contributed by atoms with Gasteiger partial charge in [0.15, 0.2) is 0 Å². The van der Waals surface area contributed by atoms with Crippen LogP contribution in [0, 0.1) is 6.92 Å². The summed E-state index contributed by atoms with van der Waals surface area (Å²) < 4.78 is 0. The van der Waals surface area contributed by atoms with E-state index in [4.69, 9.17) is 0 Å². The van der Waals surface area contributed by atoms with E-state index in [1.54, 1.807) is 49.5 Å². The Morgan fingerprint density at radius 1 is 1.50 bits per heavy atom. The van der Waals surface area contributed by atoms with E-state index in [-0.39, 0.29) is 11.7 Å². The maximum Gasteiger partial charge on any atom is 0.254 e. The van der Waals surface area contributed by atoms with Crippen molar-refractivity contribution in [3.05, 3.63) is 47.3 Å². The molecule has 0 aliphatic carbocycles. The SMILES string of the molecule is Cc1c(O)cccc1C(=O)N(C)Cc1cn[nH]c1. The van der Waals surface area contributed by atoms with Crippen LogP contribution >= 0.6 is 0 Å². The number of carbonyl (C=O) groups excluding carboxylic acids is 1. The second-order valence-electron chi connectivity index (χ2n) is 4.22. The summed E-state index contributed by atoms with van der Waals surface area (Å²) in [6.45, 7) is 2.21. The summed E-state index contributed by atoms with van der Waals surface area (Å²) in [5.41, 5.74) is 2.05. The molecule has 1 heterocycles. The van der Waals surface area contributed by atoms with Crippen LogP contribution in [0.5, 0.6) is 5.75 Å². The largest absolute Gasteiger partial charge is 0.508 e. The van der Waals surface area contributed by atoms with E-state index >= 15 is 0 Å². The molecule has 2 N–H and O–H groups in total. The topological polar surface area (TPSA) is 69.2 Å². The van der Waals surface area contributed by atoms with Crippen LogP contribution in [0.2, 0.25) is 0 Å². The first-order chi connectivity index (χ1) is 8.59. The lowest BCUT2D eigenvalue weighted by molar-refractivity contribution is 0.0784. The summed E-state index contributed by atoms with van der Waals surface area (Å²) >= 11 is 0. The number of rotatable bonds is 3. The Bertz CT molecular complexity index is 549. The molecule has 0 fully saturated rings. The number of hydrogen-bond acceptors (Lipinski definition) is 3. The van der Waals surface area contributed by atoms with Gasteiger partial charge in [0.25, 0.3) is 5.91 Å². The number of benzene rings is 1. The van der Waals surface area contributed by atoms with Gasteiger partial charge in [0.05, 0.1) is 6.20 Å². The molecule has 1 aromatic heterocycles. The molecule has 5 nitrogen and oxygen atoms in total. The van der Waals surface area contributed by atoms with Crippen LogP contribution < -0.4 is 0 Å². The molecule has 2 aromatic rings. The van der Waals surface area contributed by atoms with Gasteiger partial charge in [-0.15, -0.1) is 0 Å². The first-order valence-corrected chi connectivity index (χ1v) is 5.61. The molecule has 5 heteroatoms. The first-order valence-electron chi connectivity index (χ1n) is 5.61. The third-order valence-corrected chi connectivity index (χ3v) is 2.86. The molecule has 0 aliphatic rings. The van der Waals surface area contributed by atoms with Crippen molar-refractivity contribution in [3.63, 3.8) is 0 Å². The minimum absolute atomic E-state index is 0.121. The molecule has 1 aromatic carbocycles. The number of phenolic OH excluding ortho intramolecular Hbond substituents is 1. The molecule has 2 rings (SSSR count). The standard InChI is InChI=1S/C13H15N3O2/c1-9-11(4-3-5-12(9)17)13(18)16(2)8-10-6-14-15-7-10/h3-7,17H,8H2,1-2H3,(H,14,15). The molecule has 0 aliphatic heterocycles. The lowest BCUT2D eigenvalue weighted by Crippen LogP contribution is -2.26. The van der Waals surface area contributed by atoms with Crippen LogP contribution in [-0.2, 0) is 6.54 Å². The van der Waals surface area contributed by atoms with Crippen molar-refractivity contribution >= 4 is 5.91 Å². The first kappa shape index (κ1) is 12.2. The molecule has 0 saturated heterocycles. The lowest BCUT2D eigenvalue weighted by atomic mass is 10.1. The smallest absolute Gasteiger partial charge is 0.254 e. The number of carbonyl (C=O) groups is 1. The second-order valence-corrected chi connectivity index (χ2v) is 4.22. The Kier molecular flexibility index (Phi) is 3.32. The van der Waals surface area contributed by atoms with Crippen molar-refractivity contribution in [2.24, 2.45) is 0 Å².